The highest BCUT2D eigenvalue weighted by Gasteiger charge is 2.35. The predicted molar refractivity (Wildman–Crippen MR) is 84.7 cm³/mol. The van der Waals surface area contributed by atoms with Crippen molar-refractivity contribution in [2.75, 3.05) is 13.1 Å². The van der Waals surface area contributed by atoms with Gasteiger partial charge < -0.3 is 5.73 Å². The van der Waals surface area contributed by atoms with E-state index in [4.69, 9.17) is 5.73 Å². The summed E-state index contributed by atoms with van der Waals surface area (Å²) in [5, 5.41) is 3.25. The second-order valence-corrected chi connectivity index (χ2v) is 7.69. The molecular formula is C16H27N3S. The van der Waals surface area contributed by atoms with Gasteiger partial charge in [-0.3, -0.25) is 4.90 Å². The molecule has 112 valence electrons. The van der Waals surface area contributed by atoms with Crippen molar-refractivity contribution in [2.45, 2.75) is 64.5 Å². The lowest BCUT2D eigenvalue weighted by atomic mass is 9.68. The molecule has 3 nitrogen and oxygen atoms in total. The summed E-state index contributed by atoms with van der Waals surface area (Å²) in [7, 11) is 0. The van der Waals surface area contributed by atoms with E-state index in [0.29, 0.717) is 5.41 Å². The monoisotopic (exact) mass is 293 g/mol. The Kier molecular flexibility index (Phi) is 4.43. The van der Waals surface area contributed by atoms with Gasteiger partial charge in [-0.1, -0.05) is 19.3 Å². The SMILES string of the molecule is CC(N)c1nc(CN2CCC3(CCCCC3)CC2)cs1. The topological polar surface area (TPSA) is 42.1 Å². The fraction of sp³-hybridized carbons (Fsp3) is 0.812. The van der Waals surface area contributed by atoms with Crippen molar-refractivity contribution in [3.05, 3.63) is 16.1 Å². The van der Waals surface area contributed by atoms with E-state index in [-0.39, 0.29) is 6.04 Å². The van der Waals surface area contributed by atoms with E-state index in [1.165, 1.54) is 63.7 Å². The largest absolute Gasteiger partial charge is 0.322 e. The Balaban J connectivity index is 1.52. The number of hydrogen-bond donors (Lipinski definition) is 1. The Morgan fingerprint density at radius 2 is 1.95 bits per heavy atom. The molecule has 0 aromatic carbocycles. The number of hydrogen-bond acceptors (Lipinski definition) is 4. The van der Waals surface area contributed by atoms with E-state index in [2.05, 4.69) is 15.3 Å². The molecule has 0 amide bonds. The van der Waals surface area contributed by atoms with Crippen molar-refractivity contribution in [1.82, 2.24) is 9.88 Å². The molecule has 2 aliphatic rings. The summed E-state index contributed by atoms with van der Waals surface area (Å²) in [5.74, 6) is 0. The average Bonchev–Trinajstić information content (AvgIpc) is 2.92. The zero-order valence-corrected chi connectivity index (χ0v) is 13.4. The zero-order valence-electron chi connectivity index (χ0n) is 12.6. The molecule has 1 spiro atoms. The standard InChI is InChI=1S/C16H27N3S/c1-13(17)15-18-14(12-20-15)11-19-9-7-16(8-10-19)5-3-2-4-6-16/h12-13H,2-11,17H2,1H3. The fourth-order valence-corrected chi connectivity index (χ4v) is 4.59. The molecule has 1 atom stereocenters. The van der Waals surface area contributed by atoms with Crippen LogP contribution in [0.2, 0.25) is 0 Å². The van der Waals surface area contributed by atoms with Gasteiger partial charge in [0.25, 0.3) is 0 Å². The maximum atomic E-state index is 5.89. The maximum absolute atomic E-state index is 5.89. The second kappa shape index (κ2) is 6.12. The molecule has 1 aromatic heterocycles. The first-order valence-electron chi connectivity index (χ1n) is 8.09. The third kappa shape index (κ3) is 3.23. The lowest BCUT2D eigenvalue weighted by molar-refractivity contribution is 0.0636. The van der Waals surface area contributed by atoms with Crippen LogP contribution >= 0.6 is 11.3 Å². The van der Waals surface area contributed by atoms with Crippen LogP contribution < -0.4 is 5.73 Å². The van der Waals surface area contributed by atoms with Crippen LogP contribution in [0, 0.1) is 5.41 Å². The summed E-state index contributed by atoms with van der Waals surface area (Å²) in [4.78, 5) is 7.24. The minimum Gasteiger partial charge on any atom is -0.322 e. The van der Waals surface area contributed by atoms with Crippen LogP contribution in [0.15, 0.2) is 5.38 Å². The quantitative estimate of drug-likeness (QED) is 0.923. The van der Waals surface area contributed by atoms with Crippen molar-refractivity contribution < 1.29 is 0 Å². The molecule has 20 heavy (non-hydrogen) atoms. The van der Waals surface area contributed by atoms with Gasteiger partial charge in [0.15, 0.2) is 0 Å². The summed E-state index contributed by atoms with van der Waals surface area (Å²) in [5.41, 5.74) is 7.80. The van der Waals surface area contributed by atoms with Crippen LogP contribution in [0.25, 0.3) is 0 Å². The van der Waals surface area contributed by atoms with Crippen LogP contribution in [0.1, 0.15) is 68.6 Å². The molecule has 1 aliphatic heterocycles. The third-order valence-electron chi connectivity index (χ3n) is 5.18. The van der Waals surface area contributed by atoms with Crippen molar-refractivity contribution >= 4 is 11.3 Å². The Morgan fingerprint density at radius 3 is 2.55 bits per heavy atom. The van der Waals surface area contributed by atoms with E-state index in [9.17, 15) is 0 Å². The van der Waals surface area contributed by atoms with Crippen molar-refractivity contribution in [1.29, 1.82) is 0 Å². The number of nitrogens with two attached hydrogens (primary N) is 1. The molecule has 1 unspecified atom stereocenters. The minimum atomic E-state index is 0.0700. The first-order valence-corrected chi connectivity index (χ1v) is 8.97. The lowest BCUT2D eigenvalue weighted by Crippen LogP contribution is -2.40. The van der Waals surface area contributed by atoms with Gasteiger partial charge in [0.1, 0.15) is 5.01 Å². The molecule has 2 N–H and O–H groups in total. The van der Waals surface area contributed by atoms with Gasteiger partial charge >= 0.3 is 0 Å². The number of thiazole rings is 1. The Bertz CT molecular complexity index is 425. The smallest absolute Gasteiger partial charge is 0.109 e. The van der Waals surface area contributed by atoms with Crippen molar-refractivity contribution in [3.8, 4) is 0 Å². The molecule has 0 bridgehead atoms. The molecule has 1 aromatic rings. The van der Waals surface area contributed by atoms with Gasteiger partial charge in [-0.05, 0) is 51.1 Å². The highest BCUT2D eigenvalue weighted by Crippen LogP contribution is 2.44. The summed E-state index contributed by atoms with van der Waals surface area (Å²) < 4.78 is 0. The van der Waals surface area contributed by atoms with Crippen molar-refractivity contribution in [3.63, 3.8) is 0 Å². The van der Waals surface area contributed by atoms with Crippen LogP contribution in [0.5, 0.6) is 0 Å². The molecule has 1 saturated heterocycles. The summed E-state index contributed by atoms with van der Waals surface area (Å²) >= 11 is 1.71. The molecule has 4 heteroatoms. The first-order chi connectivity index (χ1) is 9.67. The normalized spacial score (nSPS) is 24.9. The lowest BCUT2D eigenvalue weighted by Gasteiger charge is -2.44. The fourth-order valence-electron chi connectivity index (χ4n) is 3.82. The van der Waals surface area contributed by atoms with E-state index >= 15 is 0 Å². The summed E-state index contributed by atoms with van der Waals surface area (Å²) in [6.07, 6.45) is 10.1. The first kappa shape index (κ1) is 14.5. The van der Waals surface area contributed by atoms with Gasteiger partial charge in [-0.15, -0.1) is 11.3 Å². The van der Waals surface area contributed by atoms with Gasteiger partial charge in [-0.25, -0.2) is 4.98 Å². The van der Waals surface area contributed by atoms with E-state index in [0.717, 1.165) is 11.6 Å². The number of rotatable bonds is 3. The molecule has 1 aliphatic carbocycles. The number of nitrogens with zero attached hydrogens (tertiary/aromatic N) is 2. The third-order valence-corrected chi connectivity index (χ3v) is 6.27. The Hall–Kier alpha value is -0.450. The highest BCUT2D eigenvalue weighted by molar-refractivity contribution is 7.09. The number of aromatic nitrogens is 1. The van der Waals surface area contributed by atoms with Gasteiger partial charge in [0.05, 0.1) is 11.7 Å². The van der Waals surface area contributed by atoms with E-state index in [1.807, 2.05) is 6.92 Å². The molecule has 0 radical (unpaired) electrons. The van der Waals surface area contributed by atoms with E-state index in [1.54, 1.807) is 11.3 Å². The van der Waals surface area contributed by atoms with Crippen LogP contribution in [-0.2, 0) is 6.54 Å². The second-order valence-electron chi connectivity index (χ2n) is 6.80. The molecule has 2 heterocycles. The molecule has 1 saturated carbocycles. The molecule has 3 rings (SSSR count). The van der Waals surface area contributed by atoms with Crippen LogP contribution in [-0.4, -0.2) is 23.0 Å². The van der Waals surface area contributed by atoms with E-state index < -0.39 is 0 Å². The summed E-state index contributed by atoms with van der Waals surface area (Å²) in [6.45, 7) is 5.53. The van der Waals surface area contributed by atoms with Gasteiger partial charge in [-0.2, -0.15) is 0 Å². The predicted octanol–water partition coefficient (Wildman–Crippen LogP) is 3.71. The number of likely N-dealkylation sites (tertiary alicyclic amines) is 1. The highest BCUT2D eigenvalue weighted by atomic mass is 32.1. The maximum Gasteiger partial charge on any atom is 0.109 e. The number of piperidine rings is 1. The Labute approximate surface area is 126 Å². The summed E-state index contributed by atoms with van der Waals surface area (Å²) in [6, 6.07) is 0.0700. The van der Waals surface area contributed by atoms with Crippen molar-refractivity contribution in [2.24, 2.45) is 11.1 Å². The van der Waals surface area contributed by atoms with Gasteiger partial charge in [0, 0.05) is 11.9 Å². The zero-order chi connectivity index (χ0) is 14.0. The average molecular weight is 293 g/mol. The van der Waals surface area contributed by atoms with Crippen LogP contribution in [0.3, 0.4) is 0 Å². The van der Waals surface area contributed by atoms with Gasteiger partial charge in [0.2, 0.25) is 0 Å². The molecular weight excluding hydrogens is 266 g/mol. The van der Waals surface area contributed by atoms with Crippen LogP contribution in [0.4, 0.5) is 0 Å². The molecule has 2 fully saturated rings. The minimum absolute atomic E-state index is 0.0700. The Morgan fingerprint density at radius 1 is 1.25 bits per heavy atom.